The zero-order valence-electron chi connectivity index (χ0n) is 18.9. The molecule has 3 heterocycles. The normalized spacial score (nSPS) is 14.1. The number of anilines is 3. The smallest absolute Gasteiger partial charge is 0.227 e. The fourth-order valence-electron chi connectivity index (χ4n) is 3.95. The fraction of sp³-hybridized carbons (Fsp3) is 0.348. The molecule has 2 amide bonds. The monoisotopic (exact) mass is 449 g/mol. The third-order valence-electron chi connectivity index (χ3n) is 5.68. The standard InChI is InChI=1S/C23H27N7O3/c1-15-24-8-11-30(15)22-13-21(25-14-26-22)29-9-6-17(7-10-29)23(32)28-19-12-18(27-16(2)31)4-5-20(19)33-3/h4-5,8,11-14,17H,6-7,9-10H2,1-3H3,(H,27,31)(H,28,32). The van der Waals surface area contributed by atoms with E-state index in [0.29, 0.717) is 43.1 Å². The van der Waals surface area contributed by atoms with Gasteiger partial charge in [0, 0.05) is 50.1 Å². The summed E-state index contributed by atoms with van der Waals surface area (Å²) in [7, 11) is 1.54. The Morgan fingerprint density at radius 3 is 2.48 bits per heavy atom. The van der Waals surface area contributed by atoms with Crippen molar-refractivity contribution in [1.82, 2.24) is 19.5 Å². The van der Waals surface area contributed by atoms with Crippen LogP contribution in [0, 0.1) is 12.8 Å². The molecule has 2 aromatic heterocycles. The highest BCUT2D eigenvalue weighted by molar-refractivity contribution is 5.96. The zero-order chi connectivity index (χ0) is 23.4. The molecule has 0 radical (unpaired) electrons. The second kappa shape index (κ2) is 9.68. The molecule has 0 bridgehead atoms. The van der Waals surface area contributed by atoms with Crippen LogP contribution in [0.1, 0.15) is 25.6 Å². The molecule has 172 valence electrons. The lowest BCUT2D eigenvalue weighted by Crippen LogP contribution is -2.38. The first-order chi connectivity index (χ1) is 15.9. The summed E-state index contributed by atoms with van der Waals surface area (Å²) in [4.78, 5) is 39.5. The Hall–Kier alpha value is -3.95. The first kappa shape index (κ1) is 22.3. The van der Waals surface area contributed by atoms with Crippen LogP contribution in [0.4, 0.5) is 17.2 Å². The van der Waals surface area contributed by atoms with Crippen LogP contribution in [0.25, 0.3) is 5.82 Å². The van der Waals surface area contributed by atoms with E-state index in [0.717, 1.165) is 17.5 Å². The second-order valence-electron chi connectivity index (χ2n) is 7.93. The quantitative estimate of drug-likeness (QED) is 0.595. The van der Waals surface area contributed by atoms with Gasteiger partial charge in [0.15, 0.2) is 0 Å². The van der Waals surface area contributed by atoms with Gasteiger partial charge in [0.1, 0.15) is 29.5 Å². The summed E-state index contributed by atoms with van der Waals surface area (Å²) in [5, 5.41) is 5.68. The van der Waals surface area contributed by atoms with Crippen molar-refractivity contribution in [2.45, 2.75) is 26.7 Å². The maximum atomic E-state index is 13.0. The largest absolute Gasteiger partial charge is 0.495 e. The van der Waals surface area contributed by atoms with Crippen LogP contribution in [-0.4, -0.2) is 51.5 Å². The van der Waals surface area contributed by atoms with Crippen molar-refractivity contribution in [3.05, 3.63) is 48.8 Å². The maximum absolute atomic E-state index is 13.0. The number of hydrogen-bond donors (Lipinski definition) is 2. The van der Waals surface area contributed by atoms with Crippen LogP contribution in [0.2, 0.25) is 0 Å². The summed E-state index contributed by atoms with van der Waals surface area (Å²) in [5.74, 6) is 2.61. The van der Waals surface area contributed by atoms with E-state index in [4.69, 9.17) is 4.74 Å². The van der Waals surface area contributed by atoms with Crippen LogP contribution in [0.3, 0.4) is 0 Å². The number of nitrogens with one attached hydrogen (secondary N) is 2. The van der Waals surface area contributed by atoms with Gasteiger partial charge in [-0.25, -0.2) is 15.0 Å². The number of hydrogen-bond acceptors (Lipinski definition) is 7. The van der Waals surface area contributed by atoms with Gasteiger partial charge < -0.3 is 20.3 Å². The number of ether oxygens (including phenoxy) is 1. The SMILES string of the molecule is COc1ccc(NC(C)=O)cc1NC(=O)C1CCN(c2cc(-n3ccnc3C)ncn2)CC1. The minimum Gasteiger partial charge on any atom is -0.495 e. The minimum atomic E-state index is -0.180. The Labute approximate surface area is 192 Å². The number of amides is 2. The summed E-state index contributed by atoms with van der Waals surface area (Å²) in [6.07, 6.45) is 6.55. The predicted octanol–water partition coefficient (Wildman–Crippen LogP) is 2.79. The van der Waals surface area contributed by atoms with Crippen LogP contribution < -0.4 is 20.3 Å². The number of rotatable bonds is 6. The highest BCUT2D eigenvalue weighted by Gasteiger charge is 2.26. The molecule has 1 aliphatic rings. The number of nitrogens with zero attached hydrogens (tertiary/aromatic N) is 5. The summed E-state index contributed by atoms with van der Waals surface area (Å²) in [5.41, 5.74) is 1.13. The summed E-state index contributed by atoms with van der Waals surface area (Å²) in [6, 6.07) is 7.09. The van der Waals surface area contributed by atoms with Gasteiger partial charge in [0.05, 0.1) is 12.8 Å². The number of carbonyl (C=O) groups excluding carboxylic acids is 2. The van der Waals surface area contributed by atoms with Crippen LogP contribution in [0.15, 0.2) is 43.0 Å². The van der Waals surface area contributed by atoms with Gasteiger partial charge in [-0.1, -0.05) is 0 Å². The van der Waals surface area contributed by atoms with Gasteiger partial charge in [-0.05, 0) is 38.0 Å². The van der Waals surface area contributed by atoms with Crippen molar-refractivity contribution in [3.8, 4) is 11.6 Å². The van der Waals surface area contributed by atoms with Crippen molar-refractivity contribution in [2.24, 2.45) is 5.92 Å². The minimum absolute atomic E-state index is 0.0645. The number of piperidine rings is 1. The number of aryl methyl sites for hydroxylation is 1. The Balaban J connectivity index is 1.40. The molecule has 33 heavy (non-hydrogen) atoms. The molecule has 0 aliphatic carbocycles. The molecule has 0 spiro atoms. The molecule has 0 unspecified atom stereocenters. The molecular formula is C23H27N7O3. The molecule has 1 aliphatic heterocycles. The zero-order valence-corrected chi connectivity index (χ0v) is 18.9. The lowest BCUT2D eigenvalue weighted by Gasteiger charge is -2.32. The van der Waals surface area contributed by atoms with E-state index in [1.54, 1.807) is 37.8 Å². The van der Waals surface area contributed by atoms with Crippen molar-refractivity contribution in [3.63, 3.8) is 0 Å². The maximum Gasteiger partial charge on any atom is 0.227 e. The van der Waals surface area contributed by atoms with E-state index >= 15 is 0 Å². The van der Waals surface area contributed by atoms with Crippen molar-refractivity contribution in [1.29, 1.82) is 0 Å². The lowest BCUT2D eigenvalue weighted by molar-refractivity contribution is -0.120. The Morgan fingerprint density at radius 1 is 1.06 bits per heavy atom. The lowest BCUT2D eigenvalue weighted by atomic mass is 9.95. The average molecular weight is 450 g/mol. The fourth-order valence-corrected chi connectivity index (χ4v) is 3.95. The van der Waals surface area contributed by atoms with E-state index in [1.165, 1.54) is 6.92 Å². The number of imidazole rings is 1. The third-order valence-corrected chi connectivity index (χ3v) is 5.68. The van der Waals surface area contributed by atoms with E-state index in [-0.39, 0.29) is 17.7 Å². The Bertz CT molecular complexity index is 1150. The van der Waals surface area contributed by atoms with Gasteiger partial charge in [0.25, 0.3) is 0 Å². The molecule has 2 N–H and O–H groups in total. The van der Waals surface area contributed by atoms with E-state index in [1.807, 2.05) is 23.8 Å². The van der Waals surface area contributed by atoms with Crippen LogP contribution in [0.5, 0.6) is 5.75 Å². The van der Waals surface area contributed by atoms with Crippen molar-refractivity contribution < 1.29 is 14.3 Å². The number of methoxy groups -OCH3 is 1. The number of carbonyl (C=O) groups is 2. The summed E-state index contributed by atoms with van der Waals surface area (Å²) >= 11 is 0. The first-order valence-electron chi connectivity index (χ1n) is 10.8. The predicted molar refractivity (Wildman–Crippen MR) is 125 cm³/mol. The Kier molecular flexibility index (Phi) is 6.53. The second-order valence-corrected chi connectivity index (χ2v) is 7.93. The van der Waals surface area contributed by atoms with Crippen molar-refractivity contribution in [2.75, 3.05) is 35.7 Å². The van der Waals surface area contributed by atoms with Gasteiger partial charge in [0.2, 0.25) is 11.8 Å². The van der Waals surface area contributed by atoms with E-state index in [9.17, 15) is 9.59 Å². The topological polar surface area (TPSA) is 114 Å². The highest BCUT2D eigenvalue weighted by atomic mass is 16.5. The van der Waals surface area contributed by atoms with E-state index < -0.39 is 0 Å². The molecule has 1 saturated heterocycles. The number of aromatic nitrogens is 4. The van der Waals surface area contributed by atoms with Crippen LogP contribution in [-0.2, 0) is 9.59 Å². The number of benzene rings is 1. The molecule has 4 rings (SSSR count). The molecule has 10 heteroatoms. The highest BCUT2D eigenvalue weighted by Crippen LogP contribution is 2.30. The molecule has 0 saturated carbocycles. The summed E-state index contributed by atoms with van der Waals surface area (Å²) in [6.45, 7) is 4.78. The van der Waals surface area contributed by atoms with Gasteiger partial charge >= 0.3 is 0 Å². The van der Waals surface area contributed by atoms with Crippen molar-refractivity contribution >= 4 is 29.0 Å². The molecule has 10 nitrogen and oxygen atoms in total. The van der Waals surface area contributed by atoms with Crippen LogP contribution >= 0.6 is 0 Å². The summed E-state index contributed by atoms with van der Waals surface area (Å²) < 4.78 is 7.27. The third kappa shape index (κ3) is 5.11. The van der Waals surface area contributed by atoms with Gasteiger partial charge in [-0.3, -0.25) is 14.2 Å². The molecule has 0 atom stereocenters. The first-order valence-corrected chi connectivity index (χ1v) is 10.8. The van der Waals surface area contributed by atoms with Gasteiger partial charge in [-0.15, -0.1) is 0 Å². The Morgan fingerprint density at radius 2 is 1.82 bits per heavy atom. The average Bonchev–Trinajstić information content (AvgIpc) is 3.25. The van der Waals surface area contributed by atoms with E-state index in [2.05, 4.69) is 30.5 Å². The molecule has 1 aromatic carbocycles. The molecule has 1 fully saturated rings. The van der Waals surface area contributed by atoms with Gasteiger partial charge in [-0.2, -0.15) is 0 Å². The molecular weight excluding hydrogens is 422 g/mol. The molecule has 3 aromatic rings.